The van der Waals surface area contributed by atoms with Gasteiger partial charge in [0.15, 0.2) is 10.8 Å². The highest BCUT2D eigenvalue weighted by Crippen LogP contribution is 2.38. The molecule has 0 aliphatic heterocycles. The summed E-state index contributed by atoms with van der Waals surface area (Å²) in [6, 6.07) is 5.94. The van der Waals surface area contributed by atoms with Crippen LogP contribution in [-0.4, -0.2) is 19.2 Å². The number of hydrogen-bond donors (Lipinski definition) is 0. The summed E-state index contributed by atoms with van der Waals surface area (Å²) in [5.74, 6) is 0.832. The van der Waals surface area contributed by atoms with Gasteiger partial charge in [-0.05, 0) is 43.0 Å². The fourth-order valence-corrected chi connectivity index (χ4v) is 5.96. The van der Waals surface area contributed by atoms with E-state index < -0.39 is 9.84 Å². The summed E-state index contributed by atoms with van der Waals surface area (Å²) < 4.78 is 25.8. The van der Waals surface area contributed by atoms with E-state index >= 15 is 0 Å². The van der Waals surface area contributed by atoms with Gasteiger partial charge in [0.05, 0.1) is 9.90 Å². The van der Waals surface area contributed by atoms with Crippen LogP contribution in [0.5, 0.6) is 0 Å². The van der Waals surface area contributed by atoms with Crippen molar-refractivity contribution in [1.82, 2.24) is 4.98 Å². The van der Waals surface area contributed by atoms with Crippen molar-refractivity contribution in [2.75, 3.05) is 0 Å². The highest BCUT2D eigenvalue weighted by molar-refractivity contribution is 7.91. The Balaban J connectivity index is 0.000000640. The van der Waals surface area contributed by atoms with Crippen LogP contribution in [0.2, 0.25) is 5.02 Å². The van der Waals surface area contributed by atoms with Crippen LogP contribution >= 0.6 is 22.9 Å². The maximum Gasteiger partial charge on any atom is 0.225 e. The van der Waals surface area contributed by atoms with Gasteiger partial charge in [0.1, 0.15) is 4.88 Å². The summed E-state index contributed by atoms with van der Waals surface area (Å²) in [7, 11) is -3.83. The SMILES string of the molecule is CC(=O)c1sc(C2CCCCC2)nc1S(=O)(=O)c1ccc(Cl)cc1.CC(C)C. The molecule has 1 saturated carbocycles. The Kier molecular flexibility index (Phi) is 8.22. The van der Waals surface area contributed by atoms with Crippen molar-refractivity contribution in [2.24, 2.45) is 5.92 Å². The van der Waals surface area contributed by atoms with E-state index in [4.69, 9.17) is 11.6 Å². The van der Waals surface area contributed by atoms with Crippen LogP contribution in [0.4, 0.5) is 0 Å². The average molecular weight is 442 g/mol. The van der Waals surface area contributed by atoms with E-state index in [1.165, 1.54) is 48.9 Å². The minimum atomic E-state index is -3.83. The number of carbonyl (C=O) groups is 1. The Morgan fingerprint density at radius 3 is 2.14 bits per heavy atom. The predicted octanol–water partition coefficient (Wildman–Crippen LogP) is 6.54. The summed E-state index contributed by atoms with van der Waals surface area (Å²) >= 11 is 7.07. The fraction of sp³-hybridized carbons (Fsp3) is 0.524. The van der Waals surface area contributed by atoms with Gasteiger partial charge in [-0.1, -0.05) is 51.6 Å². The van der Waals surface area contributed by atoms with Gasteiger partial charge in [0.25, 0.3) is 0 Å². The van der Waals surface area contributed by atoms with Crippen molar-refractivity contribution in [1.29, 1.82) is 0 Å². The molecule has 0 unspecified atom stereocenters. The minimum Gasteiger partial charge on any atom is -0.293 e. The second-order valence-electron chi connectivity index (χ2n) is 7.77. The highest BCUT2D eigenvalue weighted by atomic mass is 35.5. The van der Waals surface area contributed by atoms with Crippen molar-refractivity contribution in [3.8, 4) is 0 Å². The number of halogens is 1. The molecule has 1 aromatic heterocycles. The van der Waals surface area contributed by atoms with Crippen molar-refractivity contribution in [3.63, 3.8) is 0 Å². The molecule has 0 atom stereocenters. The number of hydrogen-bond acceptors (Lipinski definition) is 5. The topological polar surface area (TPSA) is 64.1 Å². The molecule has 1 aromatic carbocycles. The summed E-state index contributed by atoms with van der Waals surface area (Å²) in [4.78, 5) is 16.7. The Morgan fingerprint density at radius 2 is 1.64 bits per heavy atom. The Bertz CT molecular complexity index is 893. The molecule has 154 valence electrons. The van der Waals surface area contributed by atoms with Gasteiger partial charge in [-0.3, -0.25) is 4.79 Å². The van der Waals surface area contributed by atoms with Crippen molar-refractivity contribution >= 4 is 38.6 Å². The normalized spacial score (nSPS) is 15.2. The molecular formula is C21H28ClNO3S2. The van der Waals surface area contributed by atoms with Gasteiger partial charge in [-0.25, -0.2) is 13.4 Å². The van der Waals surface area contributed by atoms with Crippen LogP contribution in [0.15, 0.2) is 34.2 Å². The number of benzene rings is 1. The van der Waals surface area contributed by atoms with Crippen LogP contribution in [0, 0.1) is 5.92 Å². The Labute approximate surface area is 177 Å². The maximum atomic E-state index is 12.9. The molecule has 0 saturated heterocycles. The van der Waals surface area contributed by atoms with Crippen LogP contribution in [0.3, 0.4) is 0 Å². The number of ketones is 1. The van der Waals surface area contributed by atoms with Gasteiger partial charge in [0.2, 0.25) is 9.84 Å². The molecule has 1 heterocycles. The molecule has 7 heteroatoms. The van der Waals surface area contributed by atoms with E-state index in [0.717, 1.165) is 36.6 Å². The van der Waals surface area contributed by atoms with Crippen LogP contribution in [-0.2, 0) is 9.84 Å². The smallest absolute Gasteiger partial charge is 0.225 e. The van der Waals surface area contributed by atoms with Crippen LogP contribution in [0.1, 0.15) is 80.4 Å². The average Bonchev–Trinajstić information content (AvgIpc) is 3.09. The Hall–Kier alpha value is -1.24. The zero-order valence-electron chi connectivity index (χ0n) is 16.9. The highest BCUT2D eigenvalue weighted by Gasteiger charge is 2.30. The third-order valence-electron chi connectivity index (χ3n) is 4.27. The molecule has 3 rings (SSSR count). The molecular weight excluding hydrogens is 414 g/mol. The quantitative estimate of drug-likeness (QED) is 0.505. The Morgan fingerprint density at radius 1 is 1.11 bits per heavy atom. The van der Waals surface area contributed by atoms with Crippen molar-refractivity contribution < 1.29 is 13.2 Å². The van der Waals surface area contributed by atoms with E-state index in [1.54, 1.807) is 0 Å². The molecule has 0 radical (unpaired) electrons. The van der Waals surface area contributed by atoms with Crippen molar-refractivity contribution in [3.05, 3.63) is 39.2 Å². The van der Waals surface area contributed by atoms with Gasteiger partial charge < -0.3 is 0 Å². The fourth-order valence-electron chi connectivity index (χ4n) is 2.98. The molecule has 1 fully saturated rings. The van der Waals surface area contributed by atoms with Crippen LogP contribution < -0.4 is 0 Å². The standard InChI is InChI=1S/C17H18ClNO3S2.C4H10/c1-11(20)15-17(19-16(23-15)12-5-3-2-4-6-12)24(21,22)14-9-7-13(18)8-10-14;1-4(2)3/h7-10,12H,2-6H2,1H3;4H,1-3H3. The first-order chi connectivity index (χ1) is 13.1. The van der Waals surface area contributed by atoms with E-state index in [2.05, 4.69) is 25.8 Å². The van der Waals surface area contributed by atoms with E-state index in [1.807, 2.05) is 0 Å². The minimum absolute atomic E-state index is 0.106. The number of aromatic nitrogens is 1. The lowest BCUT2D eigenvalue weighted by Crippen LogP contribution is -2.08. The first-order valence-corrected chi connectivity index (χ1v) is 12.3. The van der Waals surface area contributed by atoms with E-state index in [-0.39, 0.29) is 26.5 Å². The molecule has 28 heavy (non-hydrogen) atoms. The van der Waals surface area contributed by atoms with Gasteiger partial charge in [-0.2, -0.15) is 0 Å². The summed E-state index contributed by atoms with van der Waals surface area (Å²) in [5, 5.41) is 1.12. The molecule has 1 aliphatic carbocycles. The first kappa shape index (κ1) is 23.0. The van der Waals surface area contributed by atoms with E-state index in [0.29, 0.717) is 5.02 Å². The number of rotatable bonds is 4. The summed E-state index contributed by atoms with van der Waals surface area (Å²) in [6.45, 7) is 7.89. The second kappa shape index (κ2) is 9.99. The largest absolute Gasteiger partial charge is 0.293 e. The molecule has 4 nitrogen and oxygen atoms in total. The molecule has 0 spiro atoms. The molecule has 1 aliphatic rings. The maximum absolute atomic E-state index is 12.9. The number of Topliss-reactive ketones (excluding diaryl/α,β-unsaturated/α-hetero) is 1. The van der Waals surface area contributed by atoms with Gasteiger partial charge in [0, 0.05) is 17.9 Å². The number of thiazole rings is 1. The summed E-state index contributed by atoms with van der Waals surface area (Å²) in [6.07, 6.45) is 5.46. The molecule has 0 bridgehead atoms. The molecule has 0 N–H and O–H groups in total. The third-order valence-corrected chi connectivity index (χ3v) is 7.66. The van der Waals surface area contributed by atoms with Gasteiger partial charge >= 0.3 is 0 Å². The number of sulfone groups is 1. The van der Waals surface area contributed by atoms with Crippen molar-refractivity contribution in [2.45, 2.75) is 75.6 Å². The number of carbonyl (C=O) groups excluding carboxylic acids is 1. The first-order valence-electron chi connectivity index (χ1n) is 9.65. The second-order valence-corrected chi connectivity index (χ2v) is 11.1. The van der Waals surface area contributed by atoms with Gasteiger partial charge in [-0.15, -0.1) is 11.3 Å². The predicted molar refractivity (Wildman–Crippen MR) is 115 cm³/mol. The summed E-state index contributed by atoms with van der Waals surface area (Å²) in [5.41, 5.74) is 0. The zero-order valence-corrected chi connectivity index (χ0v) is 19.3. The molecule has 0 amide bonds. The van der Waals surface area contributed by atoms with Crippen LogP contribution in [0.25, 0.3) is 0 Å². The number of nitrogens with zero attached hydrogens (tertiary/aromatic N) is 1. The lowest BCUT2D eigenvalue weighted by molar-refractivity contribution is 0.101. The zero-order chi connectivity index (χ0) is 20.9. The monoisotopic (exact) mass is 441 g/mol. The third kappa shape index (κ3) is 5.88. The lowest BCUT2D eigenvalue weighted by Gasteiger charge is -2.18. The van der Waals surface area contributed by atoms with E-state index in [9.17, 15) is 13.2 Å². The molecule has 2 aromatic rings. The lowest BCUT2D eigenvalue weighted by atomic mass is 9.90.